The van der Waals surface area contributed by atoms with Crippen LogP contribution in [0.1, 0.15) is 23.3 Å². The van der Waals surface area contributed by atoms with Gasteiger partial charge in [-0.25, -0.2) is 0 Å². The quantitative estimate of drug-likeness (QED) is 0.824. The molecule has 2 N–H and O–H groups in total. The Kier molecular flexibility index (Phi) is 4.32. The van der Waals surface area contributed by atoms with Crippen molar-refractivity contribution in [3.63, 3.8) is 0 Å². The maximum atomic E-state index is 12.0. The number of benzene rings is 2. The zero-order valence-electron chi connectivity index (χ0n) is 12.8. The number of β-amino-alcohol motifs (C(OH)–C–C–N with tert-alkyl or cyclic N) is 1. The molecule has 3 unspecified atom stereocenters. The number of carbonyl (C=O) groups excluding carboxylic acids is 1. The lowest BCUT2D eigenvalue weighted by Crippen LogP contribution is -2.59. The zero-order chi connectivity index (χ0) is 16.4. The Balaban J connectivity index is 1.76. The number of β-lactam (4-membered cyclic amide) rings is 1. The van der Waals surface area contributed by atoms with Gasteiger partial charge in [0, 0.05) is 0 Å². The van der Waals surface area contributed by atoms with Crippen molar-refractivity contribution in [1.82, 2.24) is 4.90 Å². The van der Waals surface area contributed by atoms with E-state index in [0.717, 1.165) is 11.1 Å². The monoisotopic (exact) mass is 313 g/mol. The maximum Gasteiger partial charge on any atom is 0.254 e. The van der Waals surface area contributed by atoms with E-state index in [0.29, 0.717) is 5.75 Å². The second-order valence-corrected chi connectivity index (χ2v) is 5.58. The van der Waals surface area contributed by atoms with Crippen molar-refractivity contribution in [2.75, 3.05) is 13.7 Å². The van der Waals surface area contributed by atoms with Crippen LogP contribution in [0.5, 0.6) is 5.75 Å². The lowest BCUT2D eigenvalue weighted by molar-refractivity contribution is -0.170. The first-order chi connectivity index (χ1) is 11.1. The second-order valence-electron chi connectivity index (χ2n) is 5.58. The Morgan fingerprint density at radius 3 is 2.39 bits per heavy atom. The average Bonchev–Trinajstić information content (AvgIpc) is 2.62. The van der Waals surface area contributed by atoms with Gasteiger partial charge in [0.25, 0.3) is 5.91 Å². The summed E-state index contributed by atoms with van der Waals surface area (Å²) in [6.07, 6.45) is -1.85. The van der Waals surface area contributed by atoms with Crippen molar-refractivity contribution in [2.24, 2.45) is 0 Å². The Morgan fingerprint density at radius 2 is 1.78 bits per heavy atom. The van der Waals surface area contributed by atoms with Crippen LogP contribution in [0.15, 0.2) is 54.6 Å². The number of methoxy groups -OCH3 is 1. The minimum atomic E-state index is -1.06. The van der Waals surface area contributed by atoms with Gasteiger partial charge in [0.15, 0.2) is 6.10 Å². The van der Waals surface area contributed by atoms with Crippen LogP contribution in [0.2, 0.25) is 0 Å². The van der Waals surface area contributed by atoms with E-state index in [1.165, 1.54) is 4.90 Å². The third-order valence-corrected chi connectivity index (χ3v) is 4.18. The molecule has 1 saturated heterocycles. The van der Waals surface area contributed by atoms with E-state index >= 15 is 0 Å². The average molecular weight is 313 g/mol. The Bertz CT molecular complexity index is 671. The lowest BCUT2D eigenvalue weighted by Gasteiger charge is -2.45. The minimum Gasteiger partial charge on any atom is -0.497 e. The minimum absolute atomic E-state index is 0.149. The number of rotatable bonds is 5. The van der Waals surface area contributed by atoms with Gasteiger partial charge in [0.2, 0.25) is 0 Å². The van der Waals surface area contributed by atoms with E-state index in [-0.39, 0.29) is 12.5 Å². The number of ether oxygens (including phenoxy) is 1. The number of likely N-dealkylation sites (tertiary alicyclic amines) is 1. The number of nitrogens with zero attached hydrogens (tertiary/aromatic N) is 1. The van der Waals surface area contributed by atoms with Crippen molar-refractivity contribution < 1.29 is 19.7 Å². The van der Waals surface area contributed by atoms with Gasteiger partial charge in [-0.05, 0) is 23.3 Å². The van der Waals surface area contributed by atoms with Gasteiger partial charge in [-0.2, -0.15) is 0 Å². The molecule has 1 fully saturated rings. The van der Waals surface area contributed by atoms with Crippen LogP contribution in [-0.2, 0) is 4.79 Å². The molecule has 1 aliphatic heterocycles. The summed E-state index contributed by atoms with van der Waals surface area (Å²) < 4.78 is 5.11. The summed E-state index contributed by atoms with van der Waals surface area (Å²) in [5, 5.41) is 20.3. The third-order valence-electron chi connectivity index (χ3n) is 4.18. The molecule has 5 nitrogen and oxygen atoms in total. The van der Waals surface area contributed by atoms with E-state index in [1.54, 1.807) is 19.2 Å². The number of aliphatic hydroxyl groups excluding tert-OH is 2. The highest BCUT2D eigenvalue weighted by atomic mass is 16.5. The highest BCUT2D eigenvalue weighted by molar-refractivity contribution is 5.88. The summed E-state index contributed by atoms with van der Waals surface area (Å²) in [7, 11) is 1.58. The fourth-order valence-corrected chi connectivity index (χ4v) is 2.86. The van der Waals surface area contributed by atoms with Crippen LogP contribution in [0.4, 0.5) is 0 Å². The molecule has 23 heavy (non-hydrogen) atoms. The van der Waals surface area contributed by atoms with Crippen LogP contribution < -0.4 is 4.74 Å². The molecule has 120 valence electrons. The highest BCUT2D eigenvalue weighted by Crippen LogP contribution is 2.36. The fraction of sp³-hybridized carbons (Fsp3) is 0.278. The summed E-state index contributed by atoms with van der Waals surface area (Å²) in [6.45, 7) is 0.149. The molecular weight excluding hydrogens is 294 g/mol. The molecule has 1 amide bonds. The number of amides is 1. The molecule has 3 rings (SSSR count). The molecule has 2 aromatic rings. The zero-order valence-corrected chi connectivity index (χ0v) is 12.8. The van der Waals surface area contributed by atoms with Crippen LogP contribution in [0.25, 0.3) is 0 Å². The van der Waals surface area contributed by atoms with Gasteiger partial charge in [-0.3, -0.25) is 4.79 Å². The summed E-state index contributed by atoms with van der Waals surface area (Å²) in [4.78, 5) is 13.5. The van der Waals surface area contributed by atoms with E-state index in [2.05, 4.69) is 0 Å². The normalized spacial score (nSPS) is 21.7. The molecule has 0 radical (unpaired) electrons. The summed E-state index contributed by atoms with van der Waals surface area (Å²) in [6, 6.07) is 16.0. The van der Waals surface area contributed by atoms with Crippen LogP contribution >= 0.6 is 0 Å². The lowest BCUT2D eigenvalue weighted by atomic mass is 9.90. The molecular formula is C18H19NO4. The number of carbonyl (C=O) groups is 1. The van der Waals surface area contributed by atoms with E-state index in [4.69, 9.17) is 4.74 Å². The molecule has 0 aromatic heterocycles. The largest absolute Gasteiger partial charge is 0.497 e. The number of hydrogen-bond acceptors (Lipinski definition) is 4. The van der Waals surface area contributed by atoms with Gasteiger partial charge in [-0.1, -0.05) is 42.5 Å². The van der Waals surface area contributed by atoms with E-state index < -0.39 is 18.2 Å². The van der Waals surface area contributed by atoms with Crippen molar-refractivity contribution in [3.05, 3.63) is 65.7 Å². The van der Waals surface area contributed by atoms with Crippen molar-refractivity contribution in [3.8, 4) is 5.75 Å². The van der Waals surface area contributed by atoms with Crippen LogP contribution in [0.3, 0.4) is 0 Å². The smallest absolute Gasteiger partial charge is 0.254 e. The Morgan fingerprint density at radius 1 is 1.13 bits per heavy atom. The van der Waals surface area contributed by atoms with Crippen LogP contribution in [0, 0.1) is 0 Å². The number of hydrogen-bond donors (Lipinski definition) is 2. The first kappa shape index (κ1) is 15.5. The Labute approximate surface area is 134 Å². The second kappa shape index (κ2) is 6.40. The van der Waals surface area contributed by atoms with E-state index in [9.17, 15) is 15.0 Å². The number of aliphatic hydroxyl groups is 2. The van der Waals surface area contributed by atoms with Gasteiger partial charge >= 0.3 is 0 Å². The molecule has 0 aliphatic carbocycles. The first-order valence-electron chi connectivity index (χ1n) is 7.47. The van der Waals surface area contributed by atoms with Crippen molar-refractivity contribution in [2.45, 2.75) is 18.2 Å². The van der Waals surface area contributed by atoms with Crippen molar-refractivity contribution in [1.29, 1.82) is 0 Å². The molecule has 0 bridgehead atoms. The Hall–Kier alpha value is -2.37. The van der Waals surface area contributed by atoms with Crippen LogP contribution in [-0.4, -0.2) is 40.8 Å². The molecule has 0 spiro atoms. The molecule has 1 heterocycles. The van der Waals surface area contributed by atoms with Gasteiger partial charge in [-0.15, -0.1) is 0 Å². The maximum absolute atomic E-state index is 12.0. The van der Waals surface area contributed by atoms with Gasteiger partial charge in [0.1, 0.15) is 5.75 Å². The predicted octanol–water partition coefficient (Wildman–Crippen LogP) is 1.67. The van der Waals surface area contributed by atoms with E-state index in [1.807, 2.05) is 42.5 Å². The fourth-order valence-electron chi connectivity index (χ4n) is 2.86. The topological polar surface area (TPSA) is 70.0 Å². The first-order valence-corrected chi connectivity index (χ1v) is 7.47. The molecule has 1 aliphatic rings. The SMILES string of the molecule is COc1ccc(C2C(O)C(=O)N2CC(O)c2ccccc2)cc1. The third kappa shape index (κ3) is 2.93. The van der Waals surface area contributed by atoms with Crippen molar-refractivity contribution >= 4 is 5.91 Å². The van der Waals surface area contributed by atoms with Gasteiger partial charge in [0.05, 0.1) is 25.8 Å². The summed E-state index contributed by atoms with van der Waals surface area (Å²) >= 11 is 0. The molecule has 2 aromatic carbocycles. The molecule has 0 saturated carbocycles. The molecule has 5 heteroatoms. The molecule has 3 atom stereocenters. The standard InChI is InChI=1S/C18H19NO4/c1-23-14-9-7-13(8-10-14)16-17(21)18(22)19(16)11-15(20)12-5-3-2-4-6-12/h2-10,15-17,20-21H,11H2,1H3. The summed E-state index contributed by atoms with van der Waals surface area (Å²) in [5.74, 6) is 0.352. The summed E-state index contributed by atoms with van der Waals surface area (Å²) in [5.41, 5.74) is 1.56. The highest BCUT2D eigenvalue weighted by Gasteiger charge is 2.47. The predicted molar refractivity (Wildman–Crippen MR) is 84.9 cm³/mol. The van der Waals surface area contributed by atoms with Gasteiger partial charge < -0.3 is 19.8 Å².